The van der Waals surface area contributed by atoms with Gasteiger partial charge >= 0.3 is 6.03 Å². The molecule has 1 aromatic heterocycles. The van der Waals surface area contributed by atoms with Gasteiger partial charge < -0.3 is 15.1 Å². The van der Waals surface area contributed by atoms with Gasteiger partial charge in [-0.05, 0) is 49.7 Å². The van der Waals surface area contributed by atoms with Gasteiger partial charge in [0.05, 0.1) is 11.0 Å². The lowest BCUT2D eigenvalue weighted by Crippen LogP contribution is -2.53. The van der Waals surface area contributed by atoms with Crippen molar-refractivity contribution in [1.29, 1.82) is 0 Å². The van der Waals surface area contributed by atoms with Gasteiger partial charge in [0.25, 0.3) is 5.91 Å². The molecule has 1 aliphatic rings. The second-order valence-electron chi connectivity index (χ2n) is 7.27. The van der Waals surface area contributed by atoms with E-state index in [1.165, 1.54) is 5.56 Å². The first-order valence-corrected chi connectivity index (χ1v) is 9.93. The number of aryl methyl sites for hydroxylation is 1. The fourth-order valence-corrected chi connectivity index (χ4v) is 3.69. The largest absolute Gasteiger partial charge is 0.338 e. The van der Waals surface area contributed by atoms with Gasteiger partial charge in [-0.3, -0.25) is 9.36 Å². The Morgan fingerprint density at radius 2 is 1.79 bits per heavy atom. The van der Waals surface area contributed by atoms with Crippen molar-refractivity contribution in [2.75, 3.05) is 32.7 Å². The molecule has 0 spiro atoms. The third kappa shape index (κ3) is 3.81. The van der Waals surface area contributed by atoms with Crippen LogP contribution >= 0.6 is 0 Å². The van der Waals surface area contributed by atoms with Crippen molar-refractivity contribution in [2.24, 2.45) is 0 Å². The number of hydrogen-bond acceptors (Lipinski definition) is 3. The number of urea groups is 1. The summed E-state index contributed by atoms with van der Waals surface area (Å²) >= 11 is 0. The predicted molar refractivity (Wildman–Crippen MR) is 112 cm³/mol. The number of aromatic nitrogens is 2. The number of rotatable bonds is 3. The second kappa shape index (κ2) is 7.95. The van der Waals surface area contributed by atoms with Crippen LogP contribution in [0.5, 0.6) is 0 Å². The molecule has 0 bridgehead atoms. The van der Waals surface area contributed by atoms with E-state index in [0.717, 1.165) is 16.7 Å². The monoisotopic (exact) mass is 391 g/mol. The predicted octanol–water partition coefficient (Wildman–Crippen LogP) is 2.82. The van der Waals surface area contributed by atoms with Crippen LogP contribution in [0.2, 0.25) is 0 Å². The average molecular weight is 391 g/mol. The number of imidazole rings is 1. The van der Waals surface area contributed by atoms with E-state index >= 15 is 0 Å². The highest BCUT2D eigenvalue weighted by atomic mass is 16.2. The van der Waals surface area contributed by atoms with Crippen molar-refractivity contribution in [3.8, 4) is 5.69 Å². The van der Waals surface area contributed by atoms with Gasteiger partial charge in [-0.2, -0.15) is 0 Å². The number of hydrogen-bond donors (Lipinski definition) is 1. The fourth-order valence-electron chi connectivity index (χ4n) is 3.69. The standard InChI is InChI=1S/C22H25N5O2/c1-3-23-22(29)26-11-9-25(10-12-26)21(28)17-7-8-20-19(14-17)24-15-27(20)18-6-4-5-16(2)13-18/h4-8,13-15H,3,9-12H2,1-2H3,(H,23,29). The molecule has 4 rings (SSSR count). The Bertz CT molecular complexity index is 1050. The van der Waals surface area contributed by atoms with Crippen LogP contribution in [0.15, 0.2) is 48.8 Å². The quantitative estimate of drug-likeness (QED) is 0.746. The molecule has 0 unspecified atom stereocenters. The molecule has 7 nitrogen and oxygen atoms in total. The third-order valence-electron chi connectivity index (χ3n) is 5.26. The average Bonchev–Trinajstić information content (AvgIpc) is 3.17. The van der Waals surface area contributed by atoms with E-state index in [4.69, 9.17) is 0 Å². The van der Waals surface area contributed by atoms with Crippen LogP contribution in [-0.2, 0) is 0 Å². The van der Waals surface area contributed by atoms with Crippen LogP contribution < -0.4 is 5.32 Å². The Morgan fingerprint density at radius 1 is 1.03 bits per heavy atom. The van der Waals surface area contributed by atoms with E-state index < -0.39 is 0 Å². The first kappa shape index (κ1) is 19.0. The van der Waals surface area contributed by atoms with Crippen molar-refractivity contribution in [3.05, 3.63) is 59.9 Å². The zero-order chi connectivity index (χ0) is 20.4. The normalized spacial score (nSPS) is 14.3. The van der Waals surface area contributed by atoms with Gasteiger partial charge in [0.15, 0.2) is 0 Å². The van der Waals surface area contributed by atoms with Crippen LogP contribution in [0.4, 0.5) is 4.79 Å². The minimum Gasteiger partial charge on any atom is -0.338 e. The molecule has 1 saturated heterocycles. The summed E-state index contributed by atoms with van der Waals surface area (Å²) in [6, 6.07) is 13.8. The molecule has 1 fully saturated rings. The smallest absolute Gasteiger partial charge is 0.317 e. The van der Waals surface area contributed by atoms with Crippen LogP contribution in [0.3, 0.4) is 0 Å². The van der Waals surface area contributed by atoms with E-state index in [-0.39, 0.29) is 11.9 Å². The molecule has 29 heavy (non-hydrogen) atoms. The SMILES string of the molecule is CCNC(=O)N1CCN(C(=O)c2ccc3c(c2)ncn3-c2cccc(C)c2)CC1. The van der Waals surface area contributed by atoms with Crippen molar-refractivity contribution in [1.82, 2.24) is 24.7 Å². The number of carbonyl (C=O) groups is 2. The van der Waals surface area contributed by atoms with Crippen LogP contribution in [0.25, 0.3) is 16.7 Å². The summed E-state index contributed by atoms with van der Waals surface area (Å²) in [5, 5.41) is 2.80. The highest BCUT2D eigenvalue weighted by molar-refractivity contribution is 5.97. The molecule has 1 aliphatic heterocycles. The van der Waals surface area contributed by atoms with Crippen molar-refractivity contribution in [2.45, 2.75) is 13.8 Å². The Kier molecular flexibility index (Phi) is 5.20. The van der Waals surface area contributed by atoms with Gasteiger partial charge in [0.2, 0.25) is 0 Å². The molecule has 3 amide bonds. The minimum absolute atomic E-state index is 0.0208. The minimum atomic E-state index is -0.0669. The third-order valence-corrected chi connectivity index (χ3v) is 5.26. The van der Waals surface area contributed by atoms with Crippen molar-refractivity contribution in [3.63, 3.8) is 0 Å². The number of nitrogens with zero attached hydrogens (tertiary/aromatic N) is 4. The van der Waals surface area contributed by atoms with E-state index in [9.17, 15) is 9.59 Å². The summed E-state index contributed by atoms with van der Waals surface area (Å²) < 4.78 is 2.03. The molecule has 0 atom stereocenters. The number of carbonyl (C=O) groups excluding carboxylic acids is 2. The van der Waals surface area contributed by atoms with Crippen molar-refractivity contribution >= 4 is 23.0 Å². The maximum atomic E-state index is 12.9. The maximum absolute atomic E-state index is 12.9. The van der Waals surface area contributed by atoms with E-state index in [1.54, 1.807) is 16.1 Å². The zero-order valence-electron chi connectivity index (χ0n) is 16.8. The number of piperazine rings is 1. The highest BCUT2D eigenvalue weighted by Crippen LogP contribution is 2.21. The van der Waals surface area contributed by atoms with Gasteiger partial charge in [-0.15, -0.1) is 0 Å². The summed E-state index contributed by atoms with van der Waals surface area (Å²) in [5.41, 5.74) is 4.61. The molecule has 7 heteroatoms. The lowest BCUT2D eigenvalue weighted by Gasteiger charge is -2.34. The van der Waals surface area contributed by atoms with Gasteiger partial charge in [-0.1, -0.05) is 12.1 Å². The van der Waals surface area contributed by atoms with Crippen LogP contribution in [0, 0.1) is 6.92 Å². The molecular weight excluding hydrogens is 366 g/mol. The molecule has 150 valence electrons. The first-order chi connectivity index (χ1) is 14.1. The number of nitrogens with one attached hydrogen (secondary N) is 1. The molecule has 2 heterocycles. The lowest BCUT2D eigenvalue weighted by atomic mass is 10.1. The molecule has 1 N–H and O–H groups in total. The summed E-state index contributed by atoms with van der Waals surface area (Å²) in [7, 11) is 0. The van der Waals surface area contributed by atoms with Gasteiger partial charge in [0, 0.05) is 44.0 Å². The lowest BCUT2D eigenvalue weighted by molar-refractivity contribution is 0.0665. The summed E-state index contributed by atoms with van der Waals surface area (Å²) in [6.07, 6.45) is 1.79. The maximum Gasteiger partial charge on any atom is 0.317 e. The highest BCUT2D eigenvalue weighted by Gasteiger charge is 2.25. The molecule has 0 radical (unpaired) electrons. The molecular formula is C22H25N5O2. The van der Waals surface area contributed by atoms with Crippen molar-refractivity contribution < 1.29 is 9.59 Å². The van der Waals surface area contributed by atoms with Gasteiger partial charge in [0.1, 0.15) is 6.33 Å². The molecule has 3 aromatic rings. The fraction of sp³-hybridized carbons (Fsp3) is 0.318. The number of amides is 3. The van der Waals surface area contributed by atoms with Crippen LogP contribution in [-0.4, -0.2) is 64.0 Å². The topological polar surface area (TPSA) is 70.5 Å². The Morgan fingerprint density at radius 3 is 2.52 bits per heavy atom. The van der Waals surface area contributed by atoms with E-state index in [1.807, 2.05) is 41.8 Å². The zero-order valence-corrected chi connectivity index (χ0v) is 16.8. The number of fused-ring (bicyclic) bond motifs is 1. The van der Waals surface area contributed by atoms with Gasteiger partial charge in [-0.25, -0.2) is 9.78 Å². The number of benzene rings is 2. The first-order valence-electron chi connectivity index (χ1n) is 9.93. The summed E-state index contributed by atoms with van der Waals surface area (Å²) in [4.78, 5) is 32.9. The molecule has 0 aliphatic carbocycles. The summed E-state index contributed by atoms with van der Waals surface area (Å²) in [5.74, 6) is -0.0208. The van der Waals surface area contributed by atoms with E-state index in [0.29, 0.717) is 38.3 Å². The molecule has 2 aromatic carbocycles. The Hall–Kier alpha value is -3.35. The molecule has 0 saturated carbocycles. The Balaban J connectivity index is 1.50. The second-order valence-corrected chi connectivity index (χ2v) is 7.27. The van der Waals surface area contributed by atoms with Crippen LogP contribution in [0.1, 0.15) is 22.8 Å². The van der Waals surface area contributed by atoms with E-state index in [2.05, 4.69) is 29.4 Å². The summed E-state index contributed by atoms with van der Waals surface area (Å²) in [6.45, 7) is 6.72. The Labute approximate surface area is 169 Å².